The summed E-state index contributed by atoms with van der Waals surface area (Å²) >= 11 is 0. The van der Waals surface area contributed by atoms with Crippen LogP contribution in [0.5, 0.6) is 0 Å². The number of rotatable bonds is 5. The summed E-state index contributed by atoms with van der Waals surface area (Å²) < 4.78 is 4.91. The van der Waals surface area contributed by atoms with Gasteiger partial charge in [0.05, 0.1) is 0 Å². The standard InChI is InChI=1S/C9H19N2O3P/c1-7(2)11(8(3)4)9(5,6-10)14-15(12)13/h7-8,12-13H,1-5H3. The zero-order chi connectivity index (χ0) is 12.2. The summed E-state index contributed by atoms with van der Waals surface area (Å²) in [5.74, 6) is 0. The summed E-state index contributed by atoms with van der Waals surface area (Å²) in [6, 6.07) is 2.12. The van der Waals surface area contributed by atoms with E-state index < -0.39 is 14.3 Å². The second kappa shape index (κ2) is 5.74. The molecular weight excluding hydrogens is 215 g/mol. The van der Waals surface area contributed by atoms with Crippen LogP contribution in [0.15, 0.2) is 0 Å². The molecule has 0 rings (SSSR count). The van der Waals surface area contributed by atoms with Gasteiger partial charge in [-0.2, -0.15) is 5.26 Å². The Morgan fingerprint density at radius 1 is 1.27 bits per heavy atom. The van der Waals surface area contributed by atoms with Crippen LogP contribution in [0.3, 0.4) is 0 Å². The second-order valence-corrected chi connectivity index (χ2v) is 4.72. The van der Waals surface area contributed by atoms with E-state index in [1.165, 1.54) is 6.92 Å². The molecule has 0 aromatic heterocycles. The quantitative estimate of drug-likeness (QED) is 0.557. The lowest BCUT2D eigenvalue weighted by Gasteiger charge is -2.41. The minimum absolute atomic E-state index is 0.0737. The predicted octanol–water partition coefficient (Wildman–Crippen LogP) is 1.57. The van der Waals surface area contributed by atoms with Gasteiger partial charge in [0, 0.05) is 12.1 Å². The monoisotopic (exact) mass is 234 g/mol. The molecule has 0 aromatic carbocycles. The molecule has 0 aliphatic heterocycles. The minimum atomic E-state index is -2.54. The van der Waals surface area contributed by atoms with E-state index in [1.54, 1.807) is 4.90 Å². The van der Waals surface area contributed by atoms with Gasteiger partial charge in [0.25, 0.3) is 0 Å². The lowest BCUT2D eigenvalue weighted by atomic mass is 10.1. The van der Waals surface area contributed by atoms with E-state index in [2.05, 4.69) is 0 Å². The molecule has 0 bridgehead atoms. The summed E-state index contributed by atoms with van der Waals surface area (Å²) in [5.41, 5.74) is -1.31. The Balaban J connectivity index is 4.97. The molecule has 1 atom stereocenters. The summed E-state index contributed by atoms with van der Waals surface area (Å²) in [6.45, 7) is 9.24. The van der Waals surface area contributed by atoms with Crippen LogP contribution in [0.2, 0.25) is 0 Å². The maximum atomic E-state index is 9.07. The number of hydrogen-bond donors (Lipinski definition) is 2. The van der Waals surface area contributed by atoms with Crippen molar-refractivity contribution in [1.82, 2.24) is 4.90 Å². The van der Waals surface area contributed by atoms with Gasteiger partial charge >= 0.3 is 8.60 Å². The Morgan fingerprint density at radius 3 is 1.87 bits per heavy atom. The molecule has 0 aromatic rings. The average molecular weight is 234 g/mol. The highest BCUT2D eigenvalue weighted by molar-refractivity contribution is 7.39. The fraction of sp³-hybridized carbons (Fsp3) is 0.889. The maximum absolute atomic E-state index is 9.07. The molecular formula is C9H19N2O3P. The van der Waals surface area contributed by atoms with Crippen molar-refractivity contribution in [2.45, 2.75) is 52.4 Å². The van der Waals surface area contributed by atoms with E-state index in [4.69, 9.17) is 19.6 Å². The van der Waals surface area contributed by atoms with E-state index >= 15 is 0 Å². The Hall–Kier alpha value is -0.240. The van der Waals surface area contributed by atoms with Crippen LogP contribution in [0.1, 0.15) is 34.6 Å². The summed E-state index contributed by atoms with van der Waals surface area (Å²) in [7, 11) is -2.54. The fourth-order valence-corrected chi connectivity index (χ4v) is 2.32. The highest BCUT2D eigenvalue weighted by Crippen LogP contribution is 2.36. The molecule has 0 radical (unpaired) electrons. The van der Waals surface area contributed by atoms with Crippen molar-refractivity contribution in [3.63, 3.8) is 0 Å². The molecule has 0 aliphatic carbocycles. The average Bonchev–Trinajstić information content (AvgIpc) is 2.00. The molecule has 88 valence electrons. The maximum Gasteiger partial charge on any atom is 0.329 e. The van der Waals surface area contributed by atoms with Gasteiger partial charge in [-0.3, -0.25) is 9.42 Å². The van der Waals surface area contributed by atoms with Crippen LogP contribution in [0.4, 0.5) is 0 Å². The first-order valence-electron chi connectivity index (χ1n) is 4.81. The van der Waals surface area contributed by atoms with Crippen molar-refractivity contribution in [3.05, 3.63) is 0 Å². The second-order valence-electron chi connectivity index (χ2n) is 4.03. The van der Waals surface area contributed by atoms with Crippen molar-refractivity contribution < 1.29 is 14.3 Å². The van der Waals surface area contributed by atoms with Gasteiger partial charge < -0.3 is 9.79 Å². The van der Waals surface area contributed by atoms with E-state index in [0.717, 1.165) is 0 Å². The third-order valence-electron chi connectivity index (χ3n) is 2.07. The van der Waals surface area contributed by atoms with Crippen LogP contribution in [0.25, 0.3) is 0 Å². The fourth-order valence-electron chi connectivity index (χ4n) is 1.87. The van der Waals surface area contributed by atoms with Crippen molar-refractivity contribution in [3.8, 4) is 6.07 Å². The van der Waals surface area contributed by atoms with Gasteiger partial charge in [-0.05, 0) is 34.6 Å². The van der Waals surface area contributed by atoms with Crippen LogP contribution in [-0.2, 0) is 4.52 Å². The largest absolute Gasteiger partial charge is 0.329 e. The topological polar surface area (TPSA) is 76.7 Å². The Labute approximate surface area is 92.3 Å². The molecule has 0 aliphatic rings. The van der Waals surface area contributed by atoms with Gasteiger partial charge in [-0.15, -0.1) is 0 Å². The van der Waals surface area contributed by atoms with E-state index in [-0.39, 0.29) is 12.1 Å². The van der Waals surface area contributed by atoms with Crippen LogP contribution >= 0.6 is 8.60 Å². The Morgan fingerprint density at radius 2 is 1.67 bits per heavy atom. The van der Waals surface area contributed by atoms with Crippen molar-refractivity contribution in [2.24, 2.45) is 0 Å². The zero-order valence-electron chi connectivity index (χ0n) is 9.80. The van der Waals surface area contributed by atoms with Crippen molar-refractivity contribution >= 4 is 8.60 Å². The lowest BCUT2D eigenvalue weighted by Crippen LogP contribution is -2.53. The number of nitrogens with zero attached hydrogens (tertiary/aromatic N) is 2. The smallest absolute Gasteiger partial charge is 0.328 e. The lowest BCUT2D eigenvalue weighted by molar-refractivity contribution is -0.0676. The molecule has 0 spiro atoms. The third kappa shape index (κ3) is 4.02. The van der Waals surface area contributed by atoms with Crippen molar-refractivity contribution in [2.75, 3.05) is 0 Å². The molecule has 5 nitrogen and oxygen atoms in total. The Kier molecular flexibility index (Phi) is 5.65. The molecule has 1 unspecified atom stereocenters. The Bertz CT molecular complexity index is 232. The molecule has 0 saturated carbocycles. The van der Waals surface area contributed by atoms with Gasteiger partial charge in [-0.1, -0.05) is 0 Å². The summed E-state index contributed by atoms with van der Waals surface area (Å²) in [4.78, 5) is 19.5. The van der Waals surface area contributed by atoms with Crippen molar-refractivity contribution in [1.29, 1.82) is 5.26 Å². The summed E-state index contributed by atoms with van der Waals surface area (Å²) in [6.07, 6.45) is 0. The molecule has 0 fully saturated rings. The molecule has 0 heterocycles. The predicted molar refractivity (Wildman–Crippen MR) is 58.6 cm³/mol. The van der Waals surface area contributed by atoms with E-state index in [9.17, 15) is 0 Å². The van der Waals surface area contributed by atoms with Gasteiger partial charge in [0.15, 0.2) is 0 Å². The van der Waals surface area contributed by atoms with Crippen LogP contribution < -0.4 is 0 Å². The first kappa shape index (κ1) is 14.8. The first-order chi connectivity index (χ1) is 6.74. The van der Waals surface area contributed by atoms with Gasteiger partial charge in [0.1, 0.15) is 6.07 Å². The van der Waals surface area contributed by atoms with Gasteiger partial charge in [-0.25, -0.2) is 0 Å². The molecule has 2 N–H and O–H groups in total. The zero-order valence-corrected chi connectivity index (χ0v) is 10.7. The molecule has 0 saturated heterocycles. The summed E-state index contributed by atoms with van der Waals surface area (Å²) in [5, 5.41) is 9.07. The van der Waals surface area contributed by atoms with Crippen LogP contribution in [0, 0.1) is 11.3 Å². The highest BCUT2D eigenvalue weighted by atomic mass is 31.2. The highest BCUT2D eigenvalue weighted by Gasteiger charge is 2.39. The normalized spacial score (nSPS) is 16.1. The third-order valence-corrected chi connectivity index (χ3v) is 2.59. The minimum Gasteiger partial charge on any atom is -0.328 e. The van der Waals surface area contributed by atoms with E-state index in [1.807, 2.05) is 33.8 Å². The van der Waals surface area contributed by atoms with Gasteiger partial charge in [0.2, 0.25) is 5.72 Å². The molecule has 15 heavy (non-hydrogen) atoms. The first-order valence-corrected chi connectivity index (χ1v) is 5.97. The van der Waals surface area contributed by atoms with Crippen LogP contribution in [-0.4, -0.2) is 32.5 Å². The number of nitriles is 1. The SMILES string of the molecule is CC(C)N(C(C)C)C(C)(C#N)OP(O)O. The molecule has 0 amide bonds. The van der Waals surface area contributed by atoms with E-state index in [0.29, 0.717) is 0 Å². The molecule has 6 heteroatoms. The number of hydrogen-bond acceptors (Lipinski definition) is 5.